The molecule has 0 aromatic heterocycles. The molecule has 7 heteroatoms. The molecule has 0 amide bonds. The van der Waals surface area contributed by atoms with E-state index >= 15 is 0 Å². The van der Waals surface area contributed by atoms with Gasteiger partial charge in [-0.3, -0.25) is 4.79 Å². The average molecular weight is 484 g/mol. The number of ether oxygens (including phenoxy) is 4. The molecule has 1 aliphatic heterocycles. The maximum absolute atomic E-state index is 12.6. The lowest BCUT2D eigenvalue weighted by molar-refractivity contribution is -0.117. The van der Waals surface area contributed by atoms with Crippen LogP contribution in [0.15, 0.2) is 89.9 Å². The first kappa shape index (κ1) is 23.1. The smallest absolute Gasteiger partial charge is 0.261 e. The van der Waals surface area contributed by atoms with Crippen molar-refractivity contribution in [3.8, 4) is 17.2 Å². The minimum absolute atomic E-state index is 0.0634. The highest BCUT2D eigenvalue weighted by molar-refractivity contribution is 6.10. The molecule has 0 unspecified atom stereocenters. The molecule has 1 aliphatic carbocycles. The second kappa shape index (κ2) is 9.19. The van der Waals surface area contributed by atoms with Gasteiger partial charge in [0.2, 0.25) is 5.75 Å². The number of Topliss-reactive ketones (excluding diaryl/α,β-unsaturated/α-hetero) is 1. The average Bonchev–Trinajstić information content (AvgIpc) is 2.92. The van der Waals surface area contributed by atoms with Crippen molar-refractivity contribution in [2.45, 2.75) is 0 Å². The largest absolute Gasteiger partial charge is 0.502 e. The van der Waals surface area contributed by atoms with Crippen LogP contribution in [-0.2, 0) is 14.3 Å². The van der Waals surface area contributed by atoms with Crippen molar-refractivity contribution in [3.05, 3.63) is 101 Å². The molecule has 0 spiro atoms. The topological polar surface area (TPSA) is 77.5 Å². The molecule has 3 aromatic rings. The van der Waals surface area contributed by atoms with Gasteiger partial charge in [0.15, 0.2) is 23.0 Å². The van der Waals surface area contributed by atoms with E-state index in [1.165, 1.54) is 28.4 Å². The van der Waals surface area contributed by atoms with Crippen molar-refractivity contribution < 1.29 is 28.8 Å². The number of anilines is 3. The predicted molar refractivity (Wildman–Crippen MR) is 137 cm³/mol. The number of carbonyl (C=O) groups is 1. The Hall–Kier alpha value is -4.65. The zero-order valence-corrected chi connectivity index (χ0v) is 20.4. The van der Waals surface area contributed by atoms with Crippen LogP contribution < -0.4 is 14.4 Å². The van der Waals surface area contributed by atoms with Gasteiger partial charge in [0, 0.05) is 28.8 Å². The standard InChI is InChI=1S/C29H25NO6/c1-33-23-13-17(14-24(34-2)28(23)31)27-19-9-5-7-11-21(19)30(22-12-8-6-10-20(22)27)18-15-25(35-3)29(32)26(16-18)36-4/h5-16,32H,1-4H3. The molecule has 7 nitrogen and oxygen atoms in total. The summed E-state index contributed by atoms with van der Waals surface area (Å²) in [6.07, 6.45) is 3.49. The van der Waals surface area contributed by atoms with Crippen LogP contribution in [-0.4, -0.2) is 39.3 Å². The lowest BCUT2D eigenvalue weighted by Crippen LogP contribution is -2.20. The molecule has 2 aliphatic rings. The van der Waals surface area contributed by atoms with E-state index in [4.69, 9.17) is 18.9 Å². The van der Waals surface area contributed by atoms with E-state index in [9.17, 15) is 9.90 Å². The van der Waals surface area contributed by atoms with Crippen LogP contribution in [0.3, 0.4) is 0 Å². The Bertz CT molecular complexity index is 1370. The molecular formula is C29H25NO6. The van der Waals surface area contributed by atoms with Crippen molar-refractivity contribution in [2.75, 3.05) is 33.3 Å². The minimum Gasteiger partial charge on any atom is -0.502 e. The van der Waals surface area contributed by atoms with E-state index in [1.54, 1.807) is 24.3 Å². The molecule has 5 rings (SSSR count). The summed E-state index contributed by atoms with van der Waals surface area (Å²) in [5.74, 6) is 0.659. The number of para-hydroxylation sites is 2. The van der Waals surface area contributed by atoms with Crippen molar-refractivity contribution in [2.24, 2.45) is 0 Å². The molecule has 1 N–H and O–H groups in total. The quantitative estimate of drug-likeness (QED) is 0.394. The van der Waals surface area contributed by atoms with Crippen molar-refractivity contribution in [1.29, 1.82) is 0 Å². The molecule has 182 valence electrons. The fraction of sp³-hybridized carbons (Fsp3) is 0.138. The van der Waals surface area contributed by atoms with Crippen LogP contribution in [0, 0.1) is 0 Å². The Morgan fingerprint density at radius 2 is 1.17 bits per heavy atom. The maximum atomic E-state index is 12.6. The first-order valence-corrected chi connectivity index (χ1v) is 11.3. The van der Waals surface area contributed by atoms with Crippen LogP contribution >= 0.6 is 0 Å². The Morgan fingerprint density at radius 1 is 0.694 bits per heavy atom. The normalized spacial score (nSPS) is 14.4. The summed E-state index contributed by atoms with van der Waals surface area (Å²) in [4.78, 5) is 14.7. The molecular weight excluding hydrogens is 458 g/mol. The second-order valence-corrected chi connectivity index (χ2v) is 8.15. The molecule has 1 heterocycles. The van der Waals surface area contributed by atoms with Gasteiger partial charge < -0.3 is 29.0 Å². The third-order valence-corrected chi connectivity index (χ3v) is 6.30. The molecule has 3 aromatic carbocycles. The minimum atomic E-state index is -0.299. The highest BCUT2D eigenvalue weighted by Crippen LogP contribution is 2.52. The maximum Gasteiger partial charge on any atom is 0.261 e. The molecule has 0 bridgehead atoms. The van der Waals surface area contributed by atoms with Gasteiger partial charge in [-0.05, 0) is 29.9 Å². The van der Waals surface area contributed by atoms with Gasteiger partial charge in [-0.25, -0.2) is 0 Å². The molecule has 0 fully saturated rings. The number of ketones is 1. The number of hydrogen-bond donors (Lipinski definition) is 1. The SMILES string of the molecule is COC1=CC(=C2c3ccccc3N(c3cc(OC)c(O)c(OC)c3)c3ccccc32)C=C(OC)C1=O. The summed E-state index contributed by atoms with van der Waals surface area (Å²) in [6.45, 7) is 0. The summed E-state index contributed by atoms with van der Waals surface area (Å²) >= 11 is 0. The lowest BCUT2D eigenvalue weighted by Gasteiger charge is -2.36. The number of allylic oxidation sites excluding steroid dienone is 3. The van der Waals surface area contributed by atoms with Gasteiger partial charge in [-0.1, -0.05) is 36.4 Å². The molecule has 0 saturated heterocycles. The summed E-state index contributed by atoms with van der Waals surface area (Å²) < 4.78 is 21.6. The molecule has 0 saturated carbocycles. The third-order valence-electron chi connectivity index (χ3n) is 6.30. The number of nitrogens with zero attached hydrogens (tertiary/aromatic N) is 1. The summed E-state index contributed by atoms with van der Waals surface area (Å²) in [5, 5.41) is 10.5. The summed E-state index contributed by atoms with van der Waals surface area (Å²) in [7, 11) is 5.95. The van der Waals surface area contributed by atoms with Gasteiger partial charge in [-0.15, -0.1) is 0 Å². The van der Waals surface area contributed by atoms with Gasteiger partial charge >= 0.3 is 0 Å². The molecule has 0 atom stereocenters. The Labute approximate surface area is 209 Å². The number of phenols is 1. The van der Waals surface area contributed by atoms with Gasteiger partial charge in [0.05, 0.1) is 45.5 Å². The summed E-state index contributed by atoms with van der Waals surface area (Å²) in [6, 6.07) is 19.5. The number of phenolic OH excluding ortho intramolecular Hbond substituents is 1. The highest BCUT2D eigenvalue weighted by atomic mass is 16.5. The summed E-state index contributed by atoms with van der Waals surface area (Å²) in [5.41, 5.74) is 6.20. The predicted octanol–water partition coefficient (Wildman–Crippen LogP) is 5.64. The Balaban J connectivity index is 1.83. The number of rotatable bonds is 5. The monoisotopic (exact) mass is 483 g/mol. The van der Waals surface area contributed by atoms with Crippen LogP contribution in [0.2, 0.25) is 0 Å². The first-order chi connectivity index (χ1) is 17.5. The van der Waals surface area contributed by atoms with E-state index in [-0.39, 0.29) is 23.1 Å². The highest BCUT2D eigenvalue weighted by Gasteiger charge is 2.32. The Morgan fingerprint density at radius 3 is 1.61 bits per heavy atom. The number of carbonyl (C=O) groups excluding carboxylic acids is 1. The fourth-order valence-corrected chi connectivity index (χ4v) is 4.66. The Kier molecular flexibility index (Phi) is 5.90. The van der Waals surface area contributed by atoms with E-state index < -0.39 is 0 Å². The first-order valence-electron chi connectivity index (χ1n) is 11.3. The third kappa shape index (κ3) is 3.56. The number of fused-ring (bicyclic) bond motifs is 2. The van der Waals surface area contributed by atoms with Crippen LogP contribution in [0.1, 0.15) is 11.1 Å². The molecule has 36 heavy (non-hydrogen) atoms. The van der Waals surface area contributed by atoms with E-state index in [0.29, 0.717) is 11.5 Å². The number of methoxy groups -OCH3 is 4. The van der Waals surface area contributed by atoms with Crippen molar-refractivity contribution in [1.82, 2.24) is 0 Å². The van der Waals surface area contributed by atoms with Gasteiger partial charge in [0.1, 0.15) is 0 Å². The van der Waals surface area contributed by atoms with Gasteiger partial charge in [-0.2, -0.15) is 0 Å². The van der Waals surface area contributed by atoms with E-state index in [2.05, 4.69) is 4.90 Å². The number of aromatic hydroxyl groups is 1. The van der Waals surface area contributed by atoms with Crippen molar-refractivity contribution in [3.63, 3.8) is 0 Å². The zero-order valence-electron chi connectivity index (χ0n) is 20.4. The second-order valence-electron chi connectivity index (χ2n) is 8.15. The van der Waals surface area contributed by atoms with Crippen LogP contribution in [0.5, 0.6) is 17.2 Å². The number of hydrogen-bond acceptors (Lipinski definition) is 7. The fourth-order valence-electron chi connectivity index (χ4n) is 4.66. The van der Waals surface area contributed by atoms with Crippen molar-refractivity contribution >= 4 is 28.4 Å². The van der Waals surface area contributed by atoms with Crippen LogP contribution in [0.25, 0.3) is 5.57 Å². The van der Waals surface area contributed by atoms with E-state index in [1.807, 2.05) is 48.5 Å². The molecule has 0 radical (unpaired) electrons. The van der Waals surface area contributed by atoms with Crippen LogP contribution in [0.4, 0.5) is 17.1 Å². The lowest BCUT2D eigenvalue weighted by atomic mass is 9.85. The van der Waals surface area contributed by atoms with E-state index in [0.717, 1.165) is 39.3 Å². The number of benzene rings is 3. The zero-order chi connectivity index (χ0) is 25.4. The van der Waals surface area contributed by atoms with Gasteiger partial charge in [0.25, 0.3) is 5.78 Å².